The third-order valence-corrected chi connectivity index (χ3v) is 3.49. The zero-order valence-electron chi connectivity index (χ0n) is 11.3. The Morgan fingerprint density at radius 3 is 2.83 bits per heavy atom. The molecule has 2 atom stereocenters. The lowest BCUT2D eigenvalue weighted by Crippen LogP contribution is -2.50. The van der Waals surface area contributed by atoms with Gasteiger partial charge in [-0.25, -0.2) is 0 Å². The molecule has 1 amide bonds. The molecular weight excluding hydrogens is 228 g/mol. The standard InChI is InChI=1S/C14H22N2O2/c1-9(2)8-16-12(17)5-4-11(15)13(16)14-10(3)6-7-18-14/h6-7,9,11,13H,4-5,8,15H2,1-3H3. The van der Waals surface area contributed by atoms with Crippen LogP contribution >= 0.6 is 0 Å². The van der Waals surface area contributed by atoms with E-state index >= 15 is 0 Å². The second-order valence-corrected chi connectivity index (χ2v) is 5.56. The monoisotopic (exact) mass is 250 g/mol. The summed E-state index contributed by atoms with van der Waals surface area (Å²) in [6, 6.07) is 1.78. The van der Waals surface area contributed by atoms with Gasteiger partial charge in [-0.1, -0.05) is 13.8 Å². The number of likely N-dealkylation sites (tertiary alicyclic amines) is 1. The first-order chi connectivity index (χ1) is 8.50. The number of carbonyl (C=O) groups excluding carboxylic acids is 1. The van der Waals surface area contributed by atoms with Crippen LogP contribution in [0.4, 0.5) is 0 Å². The number of hydrogen-bond donors (Lipinski definition) is 1. The van der Waals surface area contributed by atoms with Crippen molar-refractivity contribution in [3.05, 3.63) is 23.7 Å². The fourth-order valence-electron chi connectivity index (χ4n) is 2.61. The van der Waals surface area contributed by atoms with E-state index in [9.17, 15) is 4.79 Å². The van der Waals surface area contributed by atoms with Crippen molar-refractivity contribution < 1.29 is 9.21 Å². The average Bonchev–Trinajstić information content (AvgIpc) is 2.70. The van der Waals surface area contributed by atoms with Crippen LogP contribution in [0.1, 0.15) is 44.1 Å². The predicted molar refractivity (Wildman–Crippen MR) is 69.9 cm³/mol. The van der Waals surface area contributed by atoms with Gasteiger partial charge >= 0.3 is 0 Å². The second kappa shape index (κ2) is 5.14. The van der Waals surface area contributed by atoms with E-state index in [4.69, 9.17) is 10.2 Å². The van der Waals surface area contributed by atoms with Crippen molar-refractivity contribution in [1.29, 1.82) is 0 Å². The predicted octanol–water partition coefficient (Wildman–Crippen LogP) is 2.23. The minimum atomic E-state index is -0.108. The lowest BCUT2D eigenvalue weighted by molar-refractivity contribution is -0.138. The van der Waals surface area contributed by atoms with Crippen molar-refractivity contribution in [2.24, 2.45) is 11.7 Å². The van der Waals surface area contributed by atoms with E-state index < -0.39 is 0 Å². The van der Waals surface area contributed by atoms with Crippen LogP contribution in [0.25, 0.3) is 0 Å². The largest absolute Gasteiger partial charge is 0.467 e. The number of hydrogen-bond acceptors (Lipinski definition) is 3. The highest BCUT2D eigenvalue weighted by Crippen LogP contribution is 2.33. The third-order valence-electron chi connectivity index (χ3n) is 3.49. The molecule has 0 bridgehead atoms. The number of nitrogens with zero attached hydrogens (tertiary/aromatic N) is 1. The normalized spacial score (nSPS) is 24.9. The van der Waals surface area contributed by atoms with Crippen LogP contribution in [0.2, 0.25) is 0 Å². The summed E-state index contributed by atoms with van der Waals surface area (Å²) in [6.07, 6.45) is 2.95. The molecule has 1 aliphatic heterocycles. The molecule has 2 N–H and O–H groups in total. The maximum atomic E-state index is 12.1. The number of carbonyl (C=O) groups is 1. The Morgan fingerprint density at radius 2 is 2.28 bits per heavy atom. The maximum Gasteiger partial charge on any atom is 0.223 e. The highest BCUT2D eigenvalue weighted by atomic mass is 16.3. The topological polar surface area (TPSA) is 59.5 Å². The van der Waals surface area contributed by atoms with E-state index in [0.717, 1.165) is 24.3 Å². The van der Waals surface area contributed by atoms with Crippen LogP contribution < -0.4 is 5.73 Å². The number of piperidine rings is 1. The third kappa shape index (κ3) is 2.43. The van der Waals surface area contributed by atoms with Crippen molar-refractivity contribution in [3.63, 3.8) is 0 Å². The molecule has 0 spiro atoms. The SMILES string of the molecule is Cc1ccoc1C1C(N)CCC(=O)N1CC(C)C. The summed E-state index contributed by atoms with van der Waals surface area (Å²) in [4.78, 5) is 14.0. The Morgan fingerprint density at radius 1 is 1.56 bits per heavy atom. The van der Waals surface area contributed by atoms with Crippen molar-refractivity contribution in [3.8, 4) is 0 Å². The molecule has 2 rings (SSSR count). The Balaban J connectivity index is 2.32. The van der Waals surface area contributed by atoms with Gasteiger partial charge in [0.05, 0.1) is 6.26 Å². The first-order valence-corrected chi connectivity index (χ1v) is 6.59. The molecule has 18 heavy (non-hydrogen) atoms. The van der Waals surface area contributed by atoms with Crippen LogP contribution in [0, 0.1) is 12.8 Å². The quantitative estimate of drug-likeness (QED) is 0.895. The molecule has 100 valence electrons. The fourth-order valence-corrected chi connectivity index (χ4v) is 2.61. The Labute approximate surface area is 108 Å². The number of aryl methyl sites for hydroxylation is 1. The molecule has 1 aromatic heterocycles. The highest BCUT2D eigenvalue weighted by Gasteiger charge is 2.37. The van der Waals surface area contributed by atoms with E-state index in [-0.39, 0.29) is 18.0 Å². The van der Waals surface area contributed by atoms with Crippen molar-refractivity contribution in [2.45, 2.75) is 45.7 Å². The summed E-state index contributed by atoms with van der Waals surface area (Å²) in [7, 11) is 0. The molecule has 1 saturated heterocycles. The molecule has 0 aromatic carbocycles. The van der Waals surface area contributed by atoms with Gasteiger partial charge in [0, 0.05) is 19.0 Å². The number of nitrogens with two attached hydrogens (primary N) is 1. The van der Waals surface area contributed by atoms with Gasteiger partial charge in [0.1, 0.15) is 11.8 Å². The van der Waals surface area contributed by atoms with Crippen LogP contribution in [0.5, 0.6) is 0 Å². The zero-order chi connectivity index (χ0) is 13.3. The van der Waals surface area contributed by atoms with E-state index in [1.807, 2.05) is 17.9 Å². The fraction of sp³-hybridized carbons (Fsp3) is 0.643. The Bertz CT molecular complexity index is 425. The number of furan rings is 1. The van der Waals surface area contributed by atoms with Crippen LogP contribution in [0.3, 0.4) is 0 Å². The summed E-state index contributed by atoms with van der Waals surface area (Å²) in [5, 5.41) is 0. The summed E-state index contributed by atoms with van der Waals surface area (Å²) in [5.74, 6) is 1.46. The highest BCUT2D eigenvalue weighted by molar-refractivity contribution is 5.77. The number of rotatable bonds is 3. The molecule has 0 saturated carbocycles. The summed E-state index contributed by atoms with van der Waals surface area (Å²) in [6.45, 7) is 6.95. The van der Waals surface area contributed by atoms with Crippen LogP contribution in [-0.2, 0) is 4.79 Å². The Kier molecular flexibility index (Phi) is 3.76. The zero-order valence-corrected chi connectivity index (χ0v) is 11.3. The lowest BCUT2D eigenvalue weighted by Gasteiger charge is -2.39. The minimum Gasteiger partial charge on any atom is -0.467 e. The second-order valence-electron chi connectivity index (χ2n) is 5.56. The van der Waals surface area contributed by atoms with Crippen molar-refractivity contribution in [1.82, 2.24) is 4.90 Å². The minimum absolute atomic E-state index is 0.0358. The number of amides is 1. The molecule has 4 nitrogen and oxygen atoms in total. The average molecular weight is 250 g/mol. The van der Waals surface area contributed by atoms with E-state index in [0.29, 0.717) is 12.3 Å². The smallest absolute Gasteiger partial charge is 0.223 e. The van der Waals surface area contributed by atoms with Crippen LogP contribution in [-0.4, -0.2) is 23.4 Å². The maximum absolute atomic E-state index is 12.1. The van der Waals surface area contributed by atoms with Gasteiger partial charge in [-0.2, -0.15) is 0 Å². The van der Waals surface area contributed by atoms with Gasteiger partial charge in [0.2, 0.25) is 5.91 Å². The summed E-state index contributed by atoms with van der Waals surface area (Å²) in [5.41, 5.74) is 7.28. The molecule has 4 heteroatoms. The molecule has 2 unspecified atom stereocenters. The Hall–Kier alpha value is -1.29. The molecule has 1 aromatic rings. The van der Waals surface area contributed by atoms with Gasteiger partial charge in [0.25, 0.3) is 0 Å². The molecule has 0 radical (unpaired) electrons. The lowest BCUT2D eigenvalue weighted by atomic mass is 9.92. The van der Waals surface area contributed by atoms with Crippen molar-refractivity contribution in [2.75, 3.05) is 6.54 Å². The van der Waals surface area contributed by atoms with Gasteiger partial charge < -0.3 is 15.1 Å². The van der Waals surface area contributed by atoms with Gasteiger partial charge in [-0.05, 0) is 30.9 Å². The first-order valence-electron chi connectivity index (χ1n) is 6.59. The van der Waals surface area contributed by atoms with E-state index in [1.165, 1.54) is 0 Å². The molecular formula is C14H22N2O2. The summed E-state index contributed by atoms with van der Waals surface area (Å²) >= 11 is 0. The van der Waals surface area contributed by atoms with E-state index in [2.05, 4.69) is 13.8 Å². The van der Waals surface area contributed by atoms with Gasteiger partial charge in [-0.15, -0.1) is 0 Å². The first kappa shape index (κ1) is 13.1. The van der Waals surface area contributed by atoms with E-state index in [1.54, 1.807) is 6.26 Å². The molecule has 2 heterocycles. The van der Waals surface area contributed by atoms with Gasteiger partial charge in [0.15, 0.2) is 0 Å². The van der Waals surface area contributed by atoms with Crippen LogP contribution in [0.15, 0.2) is 16.7 Å². The molecule has 1 aliphatic rings. The van der Waals surface area contributed by atoms with Gasteiger partial charge in [-0.3, -0.25) is 4.79 Å². The van der Waals surface area contributed by atoms with Crippen molar-refractivity contribution >= 4 is 5.91 Å². The molecule has 1 fully saturated rings. The molecule has 0 aliphatic carbocycles. The summed E-state index contributed by atoms with van der Waals surface area (Å²) < 4.78 is 5.56.